The van der Waals surface area contributed by atoms with E-state index in [1.807, 2.05) is 30.3 Å². The lowest BCUT2D eigenvalue weighted by Crippen LogP contribution is -2.59. The Labute approximate surface area is 242 Å². The SMILES string of the molecule is COc1cccc2c1N1CCN(C(C)CCn3c(=O)[nH]c4c(sc5ncccc54)c3=O)CC1CO2.Cl.Cl.Cl. The van der Waals surface area contributed by atoms with Crippen LogP contribution in [0.2, 0.25) is 0 Å². The number of nitrogens with one attached hydrogen (secondary N) is 1. The van der Waals surface area contributed by atoms with E-state index < -0.39 is 0 Å². The van der Waals surface area contributed by atoms with Gasteiger partial charge in [-0.3, -0.25) is 14.3 Å². The second-order valence-corrected chi connectivity index (χ2v) is 10.1. The topological polar surface area (TPSA) is 92.7 Å². The first-order valence-corrected chi connectivity index (χ1v) is 12.7. The van der Waals surface area contributed by atoms with Gasteiger partial charge < -0.3 is 19.4 Å². The highest BCUT2D eigenvalue weighted by atomic mass is 35.5. The van der Waals surface area contributed by atoms with E-state index >= 15 is 0 Å². The molecule has 13 heteroatoms. The van der Waals surface area contributed by atoms with E-state index in [1.54, 1.807) is 13.3 Å². The van der Waals surface area contributed by atoms with Crippen LogP contribution in [0.5, 0.6) is 11.5 Å². The van der Waals surface area contributed by atoms with Crippen molar-refractivity contribution in [1.29, 1.82) is 0 Å². The maximum atomic E-state index is 13.1. The minimum Gasteiger partial charge on any atom is -0.494 e. The number of rotatable bonds is 5. The van der Waals surface area contributed by atoms with Crippen LogP contribution >= 0.6 is 48.6 Å². The average Bonchev–Trinajstić information content (AvgIpc) is 3.26. The van der Waals surface area contributed by atoms with E-state index in [1.165, 1.54) is 15.9 Å². The summed E-state index contributed by atoms with van der Waals surface area (Å²) in [6, 6.07) is 10.0. The molecule has 9 nitrogen and oxygen atoms in total. The molecule has 0 amide bonds. The fourth-order valence-corrected chi connectivity index (χ4v) is 6.31. The molecule has 1 N–H and O–H groups in total. The molecule has 2 aliphatic rings. The first kappa shape index (κ1) is 30.0. The average molecular weight is 603 g/mol. The number of aromatic nitrogens is 3. The minimum atomic E-state index is -0.368. The zero-order valence-electron chi connectivity index (χ0n) is 20.9. The van der Waals surface area contributed by atoms with Gasteiger partial charge in [-0.15, -0.1) is 48.6 Å². The monoisotopic (exact) mass is 601 g/mol. The quantitative estimate of drug-likeness (QED) is 0.370. The fourth-order valence-electron chi connectivity index (χ4n) is 5.27. The Bertz CT molecular complexity index is 1530. The molecule has 1 fully saturated rings. The number of piperazine rings is 1. The lowest BCUT2D eigenvalue weighted by molar-refractivity contribution is 0.127. The van der Waals surface area contributed by atoms with Crippen LogP contribution in [0, 0.1) is 0 Å². The summed E-state index contributed by atoms with van der Waals surface area (Å²) in [5.41, 5.74) is 1.00. The maximum absolute atomic E-state index is 13.1. The summed E-state index contributed by atoms with van der Waals surface area (Å²) < 4.78 is 13.5. The molecule has 6 rings (SSSR count). The van der Waals surface area contributed by atoms with Crippen molar-refractivity contribution >= 4 is 74.7 Å². The van der Waals surface area contributed by atoms with Gasteiger partial charge in [-0.05, 0) is 37.6 Å². The number of pyridine rings is 1. The number of aromatic amines is 1. The van der Waals surface area contributed by atoms with Crippen LogP contribution in [0.15, 0.2) is 46.1 Å². The molecule has 1 saturated heterocycles. The number of hydrogen-bond acceptors (Lipinski definition) is 8. The van der Waals surface area contributed by atoms with Gasteiger partial charge in [0.1, 0.15) is 33.3 Å². The van der Waals surface area contributed by atoms with Crippen LogP contribution < -0.4 is 25.6 Å². The molecule has 0 radical (unpaired) electrons. The molecule has 2 unspecified atom stereocenters. The van der Waals surface area contributed by atoms with E-state index in [4.69, 9.17) is 9.47 Å². The summed E-state index contributed by atoms with van der Waals surface area (Å²) >= 11 is 1.33. The molecule has 0 spiro atoms. The van der Waals surface area contributed by atoms with Gasteiger partial charge in [0.05, 0.1) is 18.7 Å². The Hall–Kier alpha value is -2.50. The number of thiophene rings is 1. The molecule has 0 aliphatic carbocycles. The van der Waals surface area contributed by atoms with Crippen LogP contribution in [0.1, 0.15) is 13.3 Å². The lowest BCUT2D eigenvalue weighted by atomic mass is 10.0. The summed E-state index contributed by atoms with van der Waals surface area (Å²) in [7, 11) is 1.69. The predicted octanol–water partition coefficient (Wildman–Crippen LogP) is 3.94. The first-order chi connectivity index (χ1) is 17.0. The maximum Gasteiger partial charge on any atom is 0.328 e. The van der Waals surface area contributed by atoms with Gasteiger partial charge in [-0.25, -0.2) is 9.78 Å². The summed E-state index contributed by atoms with van der Waals surface area (Å²) in [6.45, 7) is 5.76. The molecular formula is C25H30Cl3N5O4S. The molecular weight excluding hydrogens is 573 g/mol. The number of halogens is 3. The van der Waals surface area contributed by atoms with Crippen LogP contribution in [-0.2, 0) is 6.54 Å². The molecule has 0 bridgehead atoms. The number of methoxy groups -OCH3 is 1. The smallest absolute Gasteiger partial charge is 0.328 e. The summed E-state index contributed by atoms with van der Waals surface area (Å²) in [5.74, 6) is 1.70. The third kappa shape index (κ3) is 5.08. The number of ether oxygens (including phenoxy) is 2. The van der Waals surface area contributed by atoms with Crippen molar-refractivity contribution < 1.29 is 9.47 Å². The van der Waals surface area contributed by atoms with Crippen molar-refractivity contribution in [2.24, 2.45) is 0 Å². The van der Waals surface area contributed by atoms with Crippen LogP contribution in [0.3, 0.4) is 0 Å². The molecule has 206 valence electrons. The third-order valence-electron chi connectivity index (χ3n) is 7.19. The van der Waals surface area contributed by atoms with Gasteiger partial charge >= 0.3 is 5.69 Å². The van der Waals surface area contributed by atoms with Crippen molar-refractivity contribution in [3.63, 3.8) is 0 Å². The van der Waals surface area contributed by atoms with Crippen molar-refractivity contribution in [2.75, 3.05) is 38.3 Å². The highest BCUT2D eigenvalue weighted by molar-refractivity contribution is 7.25. The largest absolute Gasteiger partial charge is 0.494 e. The van der Waals surface area contributed by atoms with E-state index in [9.17, 15) is 9.59 Å². The van der Waals surface area contributed by atoms with Gasteiger partial charge in [0.25, 0.3) is 5.56 Å². The number of H-pyrrole nitrogens is 1. The Morgan fingerprint density at radius 3 is 2.79 bits per heavy atom. The van der Waals surface area contributed by atoms with Crippen LogP contribution in [0.4, 0.5) is 5.69 Å². The minimum absolute atomic E-state index is 0. The van der Waals surface area contributed by atoms with E-state index in [0.717, 1.165) is 47.0 Å². The zero-order valence-corrected chi connectivity index (χ0v) is 24.2. The molecule has 3 aromatic heterocycles. The summed E-state index contributed by atoms with van der Waals surface area (Å²) in [5, 5.41) is 0.813. The van der Waals surface area contributed by atoms with Crippen molar-refractivity contribution in [3.05, 3.63) is 57.4 Å². The van der Waals surface area contributed by atoms with Gasteiger partial charge in [-0.2, -0.15) is 0 Å². The lowest BCUT2D eigenvalue weighted by Gasteiger charge is -2.47. The van der Waals surface area contributed by atoms with Gasteiger partial charge in [0.2, 0.25) is 0 Å². The van der Waals surface area contributed by atoms with Gasteiger partial charge in [0, 0.05) is 43.8 Å². The first-order valence-electron chi connectivity index (χ1n) is 11.9. The molecule has 4 aromatic rings. The van der Waals surface area contributed by atoms with Crippen molar-refractivity contribution in [3.8, 4) is 11.5 Å². The Kier molecular flexibility index (Phi) is 9.59. The van der Waals surface area contributed by atoms with E-state index in [-0.39, 0.29) is 60.6 Å². The molecule has 1 aromatic carbocycles. The molecule has 38 heavy (non-hydrogen) atoms. The van der Waals surface area contributed by atoms with Crippen LogP contribution in [-0.4, -0.2) is 64.9 Å². The number of benzene rings is 1. The van der Waals surface area contributed by atoms with Crippen molar-refractivity contribution in [2.45, 2.75) is 32.0 Å². The molecule has 2 aliphatic heterocycles. The Morgan fingerprint density at radius 1 is 1.18 bits per heavy atom. The third-order valence-corrected chi connectivity index (χ3v) is 8.29. The number of anilines is 1. The Morgan fingerprint density at radius 2 is 2.00 bits per heavy atom. The normalized spacial score (nSPS) is 17.3. The number of hydrogen-bond donors (Lipinski definition) is 1. The standard InChI is InChI=1S/C25H27N5O4S.3ClH/c1-15(28-11-12-29-16(13-28)14-34-19-7-3-6-18(33-2)21(19)29)8-10-30-24(31)22-20(27-25(30)32)17-5-4-9-26-23(17)35-22;;;/h3-7,9,15-16H,8,10-14H2,1-2H3,(H,27,32);3*1H. The second-order valence-electron chi connectivity index (χ2n) is 9.15. The van der Waals surface area contributed by atoms with Crippen molar-refractivity contribution in [1.82, 2.24) is 19.4 Å². The number of para-hydroxylation sites is 1. The Balaban J connectivity index is 0.00000133. The van der Waals surface area contributed by atoms with Gasteiger partial charge in [0.15, 0.2) is 0 Å². The highest BCUT2D eigenvalue weighted by Crippen LogP contribution is 2.42. The summed E-state index contributed by atoms with van der Waals surface area (Å²) in [4.78, 5) is 38.8. The van der Waals surface area contributed by atoms with Gasteiger partial charge in [-0.1, -0.05) is 6.07 Å². The molecule has 0 saturated carbocycles. The van der Waals surface area contributed by atoms with Crippen LogP contribution in [0.25, 0.3) is 20.4 Å². The fraction of sp³-hybridized carbons (Fsp3) is 0.400. The highest BCUT2D eigenvalue weighted by Gasteiger charge is 2.36. The van der Waals surface area contributed by atoms with E-state index in [2.05, 4.69) is 26.7 Å². The molecule has 2 atom stereocenters. The predicted molar refractivity (Wildman–Crippen MR) is 159 cm³/mol. The number of nitrogens with zero attached hydrogens (tertiary/aromatic N) is 4. The second kappa shape index (κ2) is 12.1. The van der Waals surface area contributed by atoms with E-state index in [0.29, 0.717) is 29.8 Å². The zero-order chi connectivity index (χ0) is 24.1. The summed E-state index contributed by atoms with van der Waals surface area (Å²) in [6.07, 6.45) is 2.40. The molecule has 5 heterocycles. The number of fused-ring (bicyclic) bond motifs is 6.